The van der Waals surface area contributed by atoms with Crippen molar-refractivity contribution in [2.75, 3.05) is 0 Å². The number of aromatic nitrogens is 2. The van der Waals surface area contributed by atoms with Crippen molar-refractivity contribution in [2.45, 2.75) is 12.5 Å². The van der Waals surface area contributed by atoms with Gasteiger partial charge in [-0.3, -0.25) is 0 Å². The molecule has 0 bridgehead atoms. The number of hydrogen-bond acceptors (Lipinski definition) is 3. The summed E-state index contributed by atoms with van der Waals surface area (Å²) < 4.78 is 0. The fourth-order valence-corrected chi connectivity index (χ4v) is 1.66. The van der Waals surface area contributed by atoms with Gasteiger partial charge in [-0.2, -0.15) is 0 Å². The number of benzene rings is 1. The third-order valence-electron chi connectivity index (χ3n) is 2.60. The molecule has 0 amide bonds. The Hall–Kier alpha value is -1.45. The lowest BCUT2D eigenvalue weighted by molar-refractivity contribution is 0.596. The molecule has 2 rings (SSSR count). The van der Waals surface area contributed by atoms with Gasteiger partial charge in [-0.05, 0) is 24.6 Å². The molecule has 1 unspecified atom stereocenters. The predicted octanol–water partition coefficient (Wildman–Crippen LogP) is 2.35. The Morgan fingerprint density at radius 1 is 1.06 bits per heavy atom. The maximum absolute atomic E-state index is 6.29. The number of hydrogen-bond donors (Lipinski definition) is 1. The molecule has 1 atom stereocenters. The topological polar surface area (TPSA) is 51.8 Å². The molecule has 2 N–H and O–H groups in total. The molecule has 1 aromatic heterocycles. The highest BCUT2D eigenvalue weighted by Gasteiger charge is 2.23. The Balaban J connectivity index is 2.43. The van der Waals surface area contributed by atoms with E-state index in [1.807, 2.05) is 31.2 Å². The van der Waals surface area contributed by atoms with Crippen LogP contribution in [0.1, 0.15) is 18.1 Å². The van der Waals surface area contributed by atoms with E-state index in [4.69, 9.17) is 17.3 Å². The molecule has 1 aromatic carbocycles. The summed E-state index contributed by atoms with van der Waals surface area (Å²) in [6, 6.07) is 7.47. The summed E-state index contributed by atoms with van der Waals surface area (Å²) in [4.78, 5) is 7.95. The van der Waals surface area contributed by atoms with E-state index in [9.17, 15) is 0 Å². The first-order valence-electron chi connectivity index (χ1n) is 4.91. The summed E-state index contributed by atoms with van der Waals surface area (Å²) in [5.74, 6) is 0. The molecule has 0 aliphatic carbocycles. The highest BCUT2D eigenvalue weighted by Crippen LogP contribution is 2.26. The molecule has 0 radical (unpaired) electrons. The van der Waals surface area contributed by atoms with Crippen LogP contribution in [0.4, 0.5) is 0 Å². The lowest BCUT2D eigenvalue weighted by Gasteiger charge is -2.25. The summed E-state index contributed by atoms with van der Waals surface area (Å²) in [5, 5.41) is 0.698. The minimum atomic E-state index is -0.605. The van der Waals surface area contributed by atoms with Crippen LogP contribution in [0.3, 0.4) is 0 Å². The summed E-state index contributed by atoms with van der Waals surface area (Å²) in [6.45, 7) is 1.93. The van der Waals surface area contributed by atoms with Crippen molar-refractivity contribution in [3.05, 3.63) is 59.1 Å². The zero-order valence-corrected chi connectivity index (χ0v) is 9.65. The number of rotatable bonds is 2. The average molecular weight is 234 g/mol. The molecule has 3 nitrogen and oxygen atoms in total. The van der Waals surface area contributed by atoms with Gasteiger partial charge < -0.3 is 5.73 Å². The quantitative estimate of drug-likeness (QED) is 0.866. The maximum Gasteiger partial charge on any atom is 0.115 e. The molecule has 0 spiro atoms. The second kappa shape index (κ2) is 4.20. The molecule has 0 saturated carbocycles. The van der Waals surface area contributed by atoms with Crippen LogP contribution in [0.2, 0.25) is 5.02 Å². The van der Waals surface area contributed by atoms with Gasteiger partial charge >= 0.3 is 0 Å². The monoisotopic (exact) mass is 233 g/mol. The number of halogens is 1. The first-order valence-corrected chi connectivity index (χ1v) is 5.29. The molecular weight excluding hydrogens is 222 g/mol. The van der Waals surface area contributed by atoms with Gasteiger partial charge in [0.25, 0.3) is 0 Å². The molecule has 2 aromatic rings. The molecule has 82 valence electrons. The highest BCUT2D eigenvalue weighted by molar-refractivity contribution is 6.30. The van der Waals surface area contributed by atoms with Crippen molar-refractivity contribution >= 4 is 11.6 Å². The van der Waals surface area contributed by atoms with Gasteiger partial charge in [0.05, 0.1) is 5.54 Å². The standard InChI is InChI=1S/C12H12ClN3/c1-12(14,10-6-15-8-16-7-10)9-2-4-11(13)5-3-9/h2-8H,14H2,1H3. The van der Waals surface area contributed by atoms with Crippen molar-refractivity contribution in [2.24, 2.45) is 5.73 Å². The Morgan fingerprint density at radius 3 is 2.19 bits per heavy atom. The van der Waals surface area contributed by atoms with Crippen LogP contribution in [0, 0.1) is 0 Å². The van der Waals surface area contributed by atoms with E-state index in [1.165, 1.54) is 6.33 Å². The normalized spacial score (nSPS) is 14.4. The molecule has 0 aliphatic rings. The Kier molecular flexibility index (Phi) is 2.90. The smallest absolute Gasteiger partial charge is 0.115 e. The van der Waals surface area contributed by atoms with Crippen molar-refractivity contribution in [3.63, 3.8) is 0 Å². The summed E-state index contributed by atoms with van der Waals surface area (Å²) in [7, 11) is 0. The first-order chi connectivity index (χ1) is 7.60. The van der Waals surface area contributed by atoms with Crippen LogP contribution in [-0.4, -0.2) is 9.97 Å². The third kappa shape index (κ3) is 2.05. The molecule has 0 saturated heterocycles. The molecule has 0 fully saturated rings. The second-order valence-corrected chi connectivity index (χ2v) is 4.27. The first kappa shape index (κ1) is 11.0. The van der Waals surface area contributed by atoms with Crippen LogP contribution in [0.5, 0.6) is 0 Å². The lowest BCUT2D eigenvalue weighted by atomic mass is 9.87. The summed E-state index contributed by atoms with van der Waals surface area (Å²) in [5.41, 5.74) is 7.53. The maximum atomic E-state index is 6.29. The van der Waals surface area contributed by atoms with Crippen LogP contribution in [-0.2, 0) is 5.54 Å². The van der Waals surface area contributed by atoms with Gasteiger partial charge in [0, 0.05) is 23.0 Å². The second-order valence-electron chi connectivity index (χ2n) is 3.84. The van der Waals surface area contributed by atoms with Crippen molar-refractivity contribution in [3.8, 4) is 0 Å². The van der Waals surface area contributed by atoms with E-state index < -0.39 is 5.54 Å². The number of nitrogens with zero attached hydrogens (tertiary/aromatic N) is 2. The molecule has 16 heavy (non-hydrogen) atoms. The SMILES string of the molecule is CC(N)(c1ccc(Cl)cc1)c1cncnc1. The van der Waals surface area contributed by atoms with E-state index >= 15 is 0 Å². The summed E-state index contributed by atoms with van der Waals surface area (Å²) in [6.07, 6.45) is 4.94. The zero-order valence-electron chi connectivity index (χ0n) is 8.89. The van der Waals surface area contributed by atoms with Gasteiger partial charge in [-0.25, -0.2) is 9.97 Å². The van der Waals surface area contributed by atoms with Crippen LogP contribution in [0.25, 0.3) is 0 Å². The summed E-state index contributed by atoms with van der Waals surface area (Å²) >= 11 is 5.84. The highest BCUT2D eigenvalue weighted by atomic mass is 35.5. The average Bonchev–Trinajstić information content (AvgIpc) is 2.31. The van der Waals surface area contributed by atoms with Gasteiger partial charge in [0.1, 0.15) is 6.33 Å². The molecular formula is C12H12ClN3. The Morgan fingerprint density at radius 2 is 1.62 bits per heavy atom. The van der Waals surface area contributed by atoms with Gasteiger partial charge in [0.15, 0.2) is 0 Å². The third-order valence-corrected chi connectivity index (χ3v) is 2.86. The van der Waals surface area contributed by atoms with Crippen LogP contribution >= 0.6 is 11.6 Å². The van der Waals surface area contributed by atoms with Crippen molar-refractivity contribution in [1.82, 2.24) is 9.97 Å². The minimum Gasteiger partial charge on any atom is -0.318 e. The van der Waals surface area contributed by atoms with Gasteiger partial charge in [0.2, 0.25) is 0 Å². The van der Waals surface area contributed by atoms with E-state index in [1.54, 1.807) is 12.4 Å². The minimum absolute atomic E-state index is 0.605. The van der Waals surface area contributed by atoms with Crippen LogP contribution < -0.4 is 5.73 Å². The van der Waals surface area contributed by atoms with E-state index in [-0.39, 0.29) is 0 Å². The van der Waals surface area contributed by atoms with Gasteiger partial charge in [-0.1, -0.05) is 23.7 Å². The van der Waals surface area contributed by atoms with Crippen molar-refractivity contribution in [1.29, 1.82) is 0 Å². The van der Waals surface area contributed by atoms with E-state index in [0.29, 0.717) is 5.02 Å². The number of nitrogens with two attached hydrogens (primary N) is 1. The lowest BCUT2D eigenvalue weighted by Crippen LogP contribution is -2.34. The molecule has 0 aliphatic heterocycles. The van der Waals surface area contributed by atoms with E-state index in [2.05, 4.69) is 9.97 Å². The Labute approximate surface area is 99.3 Å². The van der Waals surface area contributed by atoms with Gasteiger partial charge in [-0.15, -0.1) is 0 Å². The molecule has 1 heterocycles. The van der Waals surface area contributed by atoms with Crippen molar-refractivity contribution < 1.29 is 0 Å². The molecule has 4 heteroatoms. The van der Waals surface area contributed by atoms with E-state index in [0.717, 1.165) is 11.1 Å². The predicted molar refractivity (Wildman–Crippen MR) is 64.1 cm³/mol. The fourth-order valence-electron chi connectivity index (χ4n) is 1.53. The van der Waals surface area contributed by atoms with Crippen LogP contribution in [0.15, 0.2) is 43.0 Å². The zero-order chi connectivity index (χ0) is 11.6. The fraction of sp³-hybridized carbons (Fsp3) is 0.167. The largest absolute Gasteiger partial charge is 0.318 e. The Bertz CT molecular complexity index is 465.